The minimum atomic E-state index is -3.75. The fourth-order valence-corrected chi connectivity index (χ4v) is 4.50. The van der Waals surface area contributed by atoms with Crippen LogP contribution in [-0.2, 0) is 27.7 Å². The van der Waals surface area contributed by atoms with E-state index in [-0.39, 0.29) is 10.6 Å². The topological polar surface area (TPSA) is 89.3 Å². The monoisotopic (exact) mass is 338 g/mol. The molecule has 1 heterocycles. The second-order valence-electron chi connectivity index (χ2n) is 4.84. The largest absolute Gasteiger partial charge is 0.368 e. The normalized spacial score (nSPS) is 13.0. The van der Waals surface area contributed by atoms with Crippen LogP contribution in [0.25, 0.3) is 0 Å². The molecule has 1 aromatic carbocycles. The number of nitrogens with two attached hydrogens (primary N) is 1. The first-order valence-corrected chi connectivity index (χ1v) is 9.16. The van der Waals surface area contributed by atoms with Crippen LogP contribution in [0.5, 0.6) is 0 Å². The summed E-state index contributed by atoms with van der Waals surface area (Å²) in [6, 6.07) is 11.5. The zero-order chi connectivity index (χ0) is 16.2. The lowest BCUT2D eigenvalue weighted by Gasteiger charge is -2.15. The summed E-state index contributed by atoms with van der Waals surface area (Å²) in [6.45, 7) is 1.96. The van der Waals surface area contributed by atoms with Crippen LogP contribution in [0, 0.1) is 0 Å². The van der Waals surface area contributed by atoms with Crippen molar-refractivity contribution >= 4 is 27.3 Å². The van der Waals surface area contributed by atoms with Crippen LogP contribution < -0.4 is 10.5 Å². The molecule has 0 unspecified atom stereocenters. The van der Waals surface area contributed by atoms with Crippen molar-refractivity contribution in [3.63, 3.8) is 0 Å². The van der Waals surface area contributed by atoms with Gasteiger partial charge in [-0.05, 0) is 30.5 Å². The number of hydrogen-bond donors (Lipinski definition) is 2. The number of thiophene rings is 1. The van der Waals surface area contributed by atoms with Gasteiger partial charge in [-0.2, -0.15) is 4.72 Å². The molecule has 0 fully saturated rings. The summed E-state index contributed by atoms with van der Waals surface area (Å²) in [5, 5.41) is 0. The van der Waals surface area contributed by atoms with Gasteiger partial charge >= 0.3 is 0 Å². The van der Waals surface area contributed by atoms with Crippen LogP contribution in [0.4, 0.5) is 0 Å². The van der Waals surface area contributed by atoms with Crippen LogP contribution in [0.1, 0.15) is 17.4 Å². The highest BCUT2D eigenvalue weighted by Gasteiger charge is 2.25. The fourth-order valence-electron chi connectivity index (χ4n) is 1.99. The number of rotatable bonds is 7. The van der Waals surface area contributed by atoms with Crippen molar-refractivity contribution < 1.29 is 13.2 Å². The molecule has 1 atom stereocenters. The summed E-state index contributed by atoms with van der Waals surface area (Å²) in [6.07, 6.45) is 0.991. The highest BCUT2D eigenvalue weighted by Crippen LogP contribution is 2.22. The molecule has 22 heavy (non-hydrogen) atoms. The maximum absolute atomic E-state index is 12.4. The number of carbonyl (C=O) groups excluding carboxylic acids is 1. The van der Waals surface area contributed by atoms with Crippen LogP contribution >= 0.6 is 11.3 Å². The number of sulfonamides is 1. The molecule has 118 valence electrons. The summed E-state index contributed by atoms with van der Waals surface area (Å²) in [5.74, 6) is -0.695. The SMILES string of the molecule is CCc1ccc(S(=O)(=O)N[C@H](Cc2ccccc2)C(N)=O)s1. The summed E-state index contributed by atoms with van der Waals surface area (Å²) < 4.78 is 27.3. The molecule has 0 aliphatic heterocycles. The molecule has 0 saturated heterocycles. The smallest absolute Gasteiger partial charge is 0.250 e. The molecule has 1 aromatic heterocycles. The first-order chi connectivity index (χ1) is 10.4. The lowest BCUT2D eigenvalue weighted by Crippen LogP contribution is -2.45. The van der Waals surface area contributed by atoms with Crippen LogP contribution in [0.2, 0.25) is 0 Å². The molecule has 2 rings (SSSR count). The highest BCUT2D eigenvalue weighted by atomic mass is 32.2. The van der Waals surface area contributed by atoms with E-state index in [1.54, 1.807) is 12.1 Å². The highest BCUT2D eigenvalue weighted by molar-refractivity contribution is 7.91. The zero-order valence-electron chi connectivity index (χ0n) is 12.2. The third-order valence-electron chi connectivity index (χ3n) is 3.17. The molecule has 5 nitrogen and oxygen atoms in total. The van der Waals surface area contributed by atoms with Gasteiger partial charge in [-0.25, -0.2) is 8.42 Å². The Hall–Kier alpha value is -1.70. The lowest BCUT2D eigenvalue weighted by molar-refractivity contribution is -0.119. The first-order valence-electron chi connectivity index (χ1n) is 6.86. The number of amides is 1. The van der Waals surface area contributed by atoms with Gasteiger partial charge in [-0.3, -0.25) is 4.79 Å². The molecule has 0 spiro atoms. The summed E-state index contributed by atoms with van der Waals surface area (Å²) in [5.41, 5.74) is 6.18. The number of primary amides is 1. The van der Waals surface area contributed by atoms with E-state index in [9.17, 15) is 13.2 Å². The number of benzene rings is 1. The Balaban J connectivity index is 2.18. The van der Waals surface area contributed by atoms with E-state index in [1.165, 1.54) is 11.3 Å². The van der Waals surface area contributed by atoms with Gasteiger partial charge in [0.15, 0.2) is 0 Å². The van der Waals surface area contributed by atoms with E-state index in [4.69, 9.17) is 5.73 Å². The van der Waals surface area contributed by atoms with E-state index in [2.05, 4.69) is 4.72 Å². The second kappa shape index (κ2) is 7.04. The minimum absolute atomic E-state index is 0.198. The van der Waals surface area contributed by atoms with E-state index < -0.39 is 22.0 Å². The van der Waals surface area contributed by atoms with Crippen molar-refractivity contribution in [1.29, 1.82) is 0 Å². The van der Waals surface area contributed by atoms with Gasteiger partial charge in [0.2, 0.25) is 5.91 Å². The maximum Gasteiger partial charge on any atom is 0.250 e. The molecular weight excluding hydrogens is 320 g/mol. The van der Waals surface area contributed by atoms with Crippen molar-refractivity contribution in [2.24, 2.45) is 5.73 Å². The van der Waals surface area contributed by atoms with E-state index >= 15 is 0 Å². The Morgan fingerprint density at radius 3 is 2.45 bits per heavy atom. The number of hydrogen-bond acceptors (Lipinski definition) is 4. The van der Waals surface area contributed by atoms with Gasteiger partial charge in [0.25, 0.3) is 10.0 Å². The Morgan fingerprint density at radius 1 is 1.23 bits per heavy atom. The zero-order valence-corrected chi connectivity index (χ0v) is 13.8. The predicted octanol–water partition coefficient (Wildman–Crippen LogP) is 1.69. The Morgan fingerprint density at radius 2 is 1.91 bits per heavy atom. The van der Waals surface area contributed by atoms with Gasteiger partial charge in [0, 0.05) is 4.88 Å². The lowest BCUT2D eigenvalue weighted by atomic mass is 10.1. The van der Waals surface area contributed by atoms with E-state index in [0.717, 1.165) is 16.9 Å². The van der Waals surface area contributed by atoms with Gasteiger partial charge in [-0.1, -0.05) is 37.3 Å². The quantitative estimate of drug-likeness (QED) is 0.805. The van der Waals surface area contributed by atoms with Gasteiger partial charge in [-0.15, -0.1) is 11.3 Å². The van der Waals surface area contributed by atoms with Crippen molar-refractivity contribution in [2.45, 2.75) is 30.0 Å². The molecule has 0 aliphatic rings. The first kappa shape index (κ1) is 16.7. The number of carbonyl (C=O) groups is 1. The van der Waals surface area contributed by atoms with Gasteiger partial charge < -0.3 is 5.73 Å². The average Bonchev–Trinajstić information content (AvgIpc) is 2.97. The molecule has 0 aliphatic carbocycles. The summed E-state index contributed by atoms with van der Waals surface area (Å²) in [7, 11) is -3.75. The van der Waals surface area contributed by atoms with Crippen molar-refractivity contribution in [2.75, 3.05) is 0 Å². The Bertz CT molecular complexity index is 739. The number of aryl methyl sites for hydroxylation is 1. The molecule has 0 bridgehead atoms. The third-order valence-corrected chi connectivity index (χ3v) is 6.37. The molecule has 3 N–H and O–H groups in total. The molecular formula is C15H18N2O3S2. The molecule has 1 amide bonds. The second-order valence-corrected chi connectivity index (χ2v) is 7.95. The minimum Gasteiger partial charge on any atom is -0.368 e. The van der Waals surface area contributed by atoms with Crippen molar-refractivity contribution in [3.05, 3.63) is 52.9 Å². The molecule has 0 saturated carbocycles. The van der Waals surface area contributed by atoms with Crippen LogP contribution in [0.15, 0.2) is 46.7 Å². The van der Waals surface area contributed by atoms with Gasteiger partial charge in [0.1, 0.15) is 10.3 Å². The van der Waals surface area contributed by atoms with Gasteiger partial charge in [0.05, 0.1) is 0 Å². The maximum atomic E-state index is 12.4. The third kappa shape index (κ3) is 4.16. The average molecular weight is 338 g/mol. The fraction of sp³-hybridized carbons (Fsp3) is 0.267. The van der Waals surface area contributed by atoms with E-state index in [0.29, 0.717) is 0 Å². The standard InChI is InChI=1S/C15H18N2O3S2/c1-2-12-8-9-14(21-12)22(19,20)17-13(15(16)18)10-11-6-4-3-5-7-11/h3-9,13,17H,2,10H2,1H3,(H2,16,18)/t13-/m1/s1. The van der Waals surface area contributed by atoms with Crippen LogP contribution in [0.3, 0.4) is 0 Å². The summed E-state index contributed by atoms with van der Waals surface area (Å²) >= 11 is 1.20. The van der Waals surface area contributed by atoms with Crippen molar-refractivity contribution in [3.8, 4) is 0 Å². The van der Waals surface area contributed by atoms with E-state index in [1.807, 2.05) is 37.3 Å². The van der Waals surface area contributed by atoms with Crippen molar-refractivity contribution in [1.82, 2.24) is 4.72 Å². The molecule has 0 radical (unpaired) electrons. The Labute approximate surface area is 134 Å². The predicted molar refractivity (Wildman–Crippen MR) is 87.1 cm³/mol. The van der Waals surface area contributed by atoms with Crippen LogP contribution in [-0.4, -0.2) is 20.4 Å². The number of nitrogens with one attached hydrogen (secondary N) is 1. The Kier molecular flexibility index (Phi) is 5.33. The molecule has 2 aromatic rings. The summed E-state index contributed by atoms with van der Waals surface area (Å²) in [4.78, 5) is 12.5. The molecule has 7 heteroatoms.